The fourth-order valence-corrected chi connectivity index (χ4v) is 0.493. The first-order chi connectivity index (χ1) is 5.27. The molecule has 66 valence electrons. The zero-order chi connectivity index (χ0) is 8.53. The van der Waals surface area contributed by atoms with E-state index in [-0.39, 0.29) is 12.4 Å². The van der Waals surface area contributed by atoms with Crippen molar-refractivity contribution < 1.29 is 14.6 Å². The van der Waals surface area contributed by atoms with E-state index in [4.69, 9.17) is 20.3 Å². The SMILES string of the molecule is C=C(O)COCCOCCN. The first-order valence-corrected chi connectivity index (χ1v) is 3.49. The lowest BCUT2D eigenvalue weighted by atomic mass is 10.6. The summed E-state index contributed by atoms with van der Waals surface area (Å²) in [6.07, 6.45) is 0. The van der Waals surface area contributed by atoms with Crippen molar-refractivity contribution in [3.05, 3.63) is 12.3 Å². The van der Waals surface area contributed by atoms with Crippen molar-refractivity contribution in [2.75, 3.05) is 33.0 Å². The molecule has 0 radical (unpaired) electrons. The molecule has 0 aliphatic carbocycles. The highest BCUT2D eigenvalue weighted by atomic mass is 16.5. The van der Waals surface area contributed by atoms with Crippen molar-refractivity contribution in [3.63, 3.8) is 0 Å². The summed E-state index contributed by atoms with van der Waals surface area (Å²) in [5.74, 6) is 0.0313. The molecule has 0 aromatic rings. The number of nitrogens with two attached hydrogens (primary N) is 1. The van der Waals surface area contributed by atoms with Gasteiger partial charge in [0.2, 0.25) is 0 Å². The number of ether oxygens (including phenoxy) is 2. The maximum Gasteiger partial charge on any atom is 0.111 e. The zero-order valence-electron chi connectivity index (χ0n) is 6.58. The molecular formula is C7H15NO3. The Labute approximate surface area is 66.6 Å². The summed E-state index contributed by atoms with van der Waals surface area (Å²) in [4.78, 5) is 0. The van der Waals surface area contributed by atoms with Gasteiger partial charge in [0.25, 0.3) is 0 Å². The lowest BCUT2D eigenvalue weighted by molar-refractivity contribution is 0.0507. The average molecular weight is 161 g/mol. The molecule has 4 nitrogen and oxygen atoms in total. The van der Waals surface area contributed by atoms with E-state index in [1.165, 1.54) is 0 Å². The van der Waals surface area contributed by atoms with Crippen LogP contribution in [0.15, 0.2) is 12.3 Å². The maximum atomic E-state index is 8.57. The van der Waals surface area contributed by atoms with Crippen molar-refractivity contribution in [2.45, 2.75) is 0 Å². The average Bonchev–Trinajstić information content (AvgIpc) is 1.96. The van der Waals surface area contributed by atoms with E-state index in [9.17, 15) is 0 Å². The van der Waals surface area contributed by atoms with E-state index in [2.05, 4.69) is 6.58 Å². The Bertz CT molecular complexity index is 106. The number of aliphatic hydroxyl groups is 1. The predicted octanol–water partition coefficient (Wildman–Crippen LogP) is 0.0500. The molecule has 0 unspecified atom stereocenters. The minimum Gasteiger partial charge on any atom is -0.510 e. The van der Waals surface area contributed by atoms with Crippen LogP contribution in [0.4, 0.5) is 0 Å². The summed E-state index contributed by atoms with van der Waals surface area (Å²) in [6.45, 7) is 5.46. The topological polar surface area (TPSA) is 64.7 Å². The fraction of sp³-hybridized carbons (Fsp3) is 0.714. The minimum atomic E-state index is 0.0313. The summed E-state index contributed by atoms with van der Waals surface area (Å²) < 4.78 is 9.93. The molecule has 0 aliphatic heterocycles. The second-order valence-electron chi connectivity index (χ2n) is 2.02. The Morgan fingerprint density at radius 2 is 1.91 bits per heavy atom. The van der Waals surface area contributed by atoms with Gasteiger partial charge in [0, 0.05) is 6.54 Å². The van der Waals surface area contributed by atoms with Crippen molar-refractivity contribution in [1.82, 2.24) is 0 Å². The van der Waals surface area contributed by atoms with Gasteiger partial charge in [-0.25, -0.2) is 0 Å². The van der Waals surface area contributed by atoms with Gasteiger partial charge < -0.3 is 20.3 Å². The van der Waals surface area contributed by atoms with Gasteiger partial charge in [0.15, 0.2) is 0 Å². The lowest BCUT2D eigenvalue weighted by Crippen LogP contribution is -2.12. The second-order valence-corrected chi connectivity index (χ2v) is 2.02. The van der Waals surface area contributed by atoms with Crippen LogP contribution in [0.25, 0.3) is 0 Å². The number of hydrogen-bond donors (Lipinski definition) is 2. The maximum absolute atomic E-state index is 8.57. The Morgan fingerprint density at radius 1 is 1.27 bits per heavy atom. The molecule has 0 atom stereocenters. The molecule has 0 spiro atoms. The third-order valence-corrected chi connectivity index (χ3v) is 0.903. The summed E-state index contributed by atoms with van der Waals surface area (Å²) in [7, 11) is 0. The number of aliphatic hydroxyl groups excluding tert-OH is 1. The van der Waals surface area contributed by atoms with Gasteiger partial charge in [0.05, 0.1) is 19.8 Å². The Morgan fingerprint density at radius 3 is 2.45 bits per heavy atom. The monoisotopic (exact) mass is 161 g/mol. The molecule has 0 bridgehead atoms. The predicted molar refractivity (Wildman–Crippen MR) is 42.5 cm³/mol. The van der Waals surface area contributed by atoms with Crippen molar-refractivity contribution in [3.8, 4) is 0 Å². The molecule has 0 aliphatic rings. The van der Waals surface area contributed by atoms with E-state index in [1.54, 1.807) is 0 Å². The quantitative estimate of drug-likeness (QED) is 0.409. The molecule has 0 heterocycles. The Hall–Kier alpha value is -0.580. The van der Waals surface area contributed by atoms with Gasteiger partial charge in [-0.15, -0.1) is 0 Å². The second kappa shape index (κ2) is 7.53. The first kappa shape index (κ1) is 10.4. The molecule has 0 amide bonds. The molecule has 0 rings (SSSR count). The van der Waals surface area contributed by atoms with E-state index >= 15 is 0 Å². The van der Waals surface area contributed by atoms with Crippen LogP contribution in [0, 0.1) is 0 Å². The molecule has 0 fully saturated rings. The van der Waals surface area contributed by atoms with Gasteiger partial charge in [-0.3, -0.25) is 0 Å². The molecule has 0 saturated heterocycles. The lowest BCUT2D eigenvalue weighted by Gasteiger charge is -2.03. The Kier molecular flexibility index (Phi) is 7.13. The summed E-state index contributed by atoms with van der Waals surface area (Å²) in [5.41, 5.74) is 5.17. The molecule has 0 aromatic heterocycles. The third kappa shape index (κ3) is 9.42. The highest BCUT2D eigenvalue weighted by Gasteiger charge is 1.89. The number of rotatable bonds is 7. The van der Waals surface area contributed by atoms with Gasteiger partial charge >= 0.3 is 0 Å². The first-order valence-electron chi connectivity index (χ1n) is 3.49. The highest BCUT2D eigenvalue weighted by molar-refractivity contribution is 4.77. The summed E-state index contributed by atoms with van der Waals surface area (Å²) >= 11 is 0. The normalized spacial score (nSPS) is 9.91. The van der Waals surface area contributed by atoms with Crippen LogP contribution < -0.4 is 5.73 Å². The molecular weight excluding hydrogens is 146 g/mol. The molecule has 4 heteroatoms. The highest BCUT2D eigenvalue weighted by Crippen LogP contribution is 1.84. The largest absolute Gasteiger partial charge is 0.510 e. The van der Waals surface area contributed by atoms with Gasteiger partial charge in [0.1, 0.15) is 12.4 Å². The Balaban J connectivity index is 2.85. The van der Waals surface area contributed by atoms with E-state index in [1.807, 2.05) is 0 Å². The summed E-state index contributed by atoms with van der Waals surface area (Å²) in [5, 5.41) is 8.57. The summed E-state index contributed by atoms with van der Waals surface area (Å²) in [6, 6.07) is 0. The van der Waals surface area contributed by atoms with Crippen LogP contribution in [0.1, 0.15) is 0 Å². The zero-order valence-corrected chi connectivity index (χ0v) is 6.58. The number of hydrogen-bond acceptors (Lipinski definition) is 4. The smallest absolute Gasteiger partial charge is 0.111 e. The van der Waals surface area contributed by atoms with Crippen LogP contribution in [0.3, 0.4) is 0 Å². The van der Waals surface area contributed by atoms with Gasteiger partial charge in [-0.1, -0.05) is 6.58 Å². The standard InChI is InChI=1S/C7H15NO3/c1-7(9)6-11-5-4-10-3-2-8/h9H,1-6,8H2. The van der Waals surface area contributed by atoms with Crippen molar-refractivity contribution >= 4 is 0 Å². The van der Waals surface area contributed by atoms with E-state index < -0.39 is 0 Å². The fourth-order valence-electron chi connectivity index (χ4n) is 0.493. The van der Waals surface area contributed by atoms with Crippen LogP contribution in [0.2, 0.25) is 0 Å². The van der Waals surface area contributed by atoms with E-state index in [0.29, 0.717) is 26.4 Å². The van der Waals surface area contributed by atoms with Crippen LogP contribution in [-0.2, 0) is 9.47 Å². The molecule has 0 aromatic carbocycles. The van der Waals surface area contributed by atoms with Crippen molar-refractivity contribution in [2.24, 2.45) is 5.73 Å². The van der Waals surface area contributed by atoms with E-state index in [0.717, 1.165) is 0 Å². The molecule has 0 saturated carbocycles. The molecule has 11 heavy (non-hydrogen) atoms. The third-order valence-electron chi connectivity index (χ3n) is 0.903. The van der Waals surface area contributed by atoms with Crippen LogP contribution in [0.5, 0.6) is 0 Å². The molecule has 3 N–H and O–H groups in total. The van der Waals surface area contributed by atoms with Crippen LogP contribution >= 0.6 is 0 Å². The minimum absolute atomic E-state index is 0.0313. The van der Waals surface area contributed by atoms with Gasteiger partial charge in [-0.2, -0.15) is 0 Å². The van der Waals surface area contributed by atoms with Gasteiger partial charge in [-0.05, 0) is 0 Å². The van der Waals surface area contributed by atoms with Crippen LogP contribution in [-0.4, -0.2) is 38.1 Å². The van der Waals surface area contributed by atoms with Crippen molar-refractivity contribution in [1.29, 1.82) is 0 Å².